The minimum atomic E-state index is -0.217. The number of nitrogens with one attached hydrogen (secondary N) is 1. The number of rotatable bonds is 3. The molecule has 0 spiro atoms. The van der Waals surface area contributed by atoms with Crippen LogP contribution in [0.25, 0.3) is 0 Å². The molecule has 0 radical (unpaired) electrons. The van der Waals surface area contributed by atoms with E-state index >= 15 is 0 Å². The summed E-state index contributed by atoms with van der Waals surface area (Å²) in [6, 6.07) is 15.3. The van der Waals surface area contributed by atoms with Gasteiger partial charge < -0.3 is 5.32 Å². The van der Waals surface area contributed by atoms with Gasteiger partial charge >= 0.3 is 0 Å². The van der Waals surface area contributed by atoms with Gasteiger partial charge in [-0.3, -0.25) is 0 Å². The van der Waals surface area contributed by atoms with Crippen LogP contribution in [0, 0.1) is 5.82 Å². The molecule has 0 amide bonds. The number of anilines is 1. The summed E-state index contributed by atoms with van der Waals surface area (Å²) in [5.41, 5.74) is 3.48. The summed E-state index contributed by atoms with van der Waals surface area (Å²) in [4.78, 5) is 0. The molecule has 1 unspecified atom stereocenters. The van der Waals surface area contributed by atoms with Crippen LogP contribution < -0.4 is 5.32 Å². The third kappa shape index (κ3) is 3.60. The fourth-order valence-corrected chi connectivity index (χ4v) is 2.18. The summed E-state index contributed by atoms with van der Waals surface area (Å²) in [5.74, 6) is -0.217. The molecule has 0 aliphatic rings. The van der Waals surface area contributed by atoms with Gasteiger partial charge in [0.1, 0.15) is 5.82 Å². The summed E-state index contributed by atoms with van der Waals surface area (Å²) in [6.07, 6.45) is 0. The van der Waals surface area contributed by atoms with Gasteiger partial charge in [-0.2, -0.15) is 0 Å². The molecule has 106 valence electrons. The first-order valence-corrected chi connectivity index (χ1v) is 6.99. The Morgan fingerprint density at radius 1 is 1.00 bits per heavy atom. The zero-order valence-corrected chi connectivity index (χ0v) is 12.6. The van der Waals surface area contributed by atoms with E-state index in [-0.39, 0.29) is 17.3 Å². The molecular weight excluding hydrogens is 249 g/mol. The molecule has 0 bridgehead atoms. The van der Waals surface area contributed by atoms with Crippen molar-refractivity contribution in [3.63, 3.8) is 0 Å². The Morgan fingerprint density at radius 3 is 2.20 bits per heavy atom. The monoisotopic (exact) mass is 271 g/mol. The number of hydrogen-bond donors (Lipinski definition) is 1. The zero-order valence-electron chi connectivity index (χ0n) is 12.6. The van der Waals surface area contributed by atoms with Crippen molar-refractivity contribution in [3.8, 4) is 0 Å². The van der Waals surface area contributed by atoms with Crippen LogP contribution in [0.5, 0.6) is 0 Å². The van der Waals surface area contributed by atoms with Crippen LogP contribution >= 0.6 is 0 Å². The summed E-state index contributed by atoms with van der Waals surface area (Å²) in [7, 11) is 0. The minimum absolute atomic E-state index is 0.144. The van der Waals surface area contributed by atoms with E-state index in [1.165, 1.54) is 23.3 Å². The van der Waals surface area contributed by atoms with Gasteiger partial charge in [0, 0.05) is 11.7 Å². The molecular formula is C18H22FN. The van der Waals surface area contributed by atoms with Gasteiger partial charge in [0.05, 0.1) is 0 Å². The van der Waals surface area contributed by atoms with Crippen molar-refractivity contribution in [2.75, 3.05) is 5.32 Å². The Hall–Kier alpha value is -1.83. The third-order valence-electron chi connectivity index (χ3n) is 3.48. The lowest BCUT2D eigenvalue weighted by molar-refractivity contribution is 0.589. The van der Waals surface area contributed by atoms with Crippen LogP contribution in [0.4, 0.5) is 10.1 Å². The maximum absolute atomic E-state index is 13.2. The van der Waals surface area contributed by atoms with Gasteiger partial charge in [0.2, 0.25) is 0 Å². The van der Waals surface area contributed by atoms with Crippen molar-refractivity contribution in [2.45, 2.75) is 39.2 Å². The highest BCUT2D eigenvalue weighted by Gasteiger charge is 2.14. The predicted molar refractivity (Wildman–Crippen MR) is 83.6 cm³/mol. The molecule has 1 atom stereocenters. The molecule has 1 nitrogen and oxygen atoms in total. The van der Waals surface area contributed by atoms with Gasteiger partial charge in [0.15, 0.2) is 0 Å². The SMILES string of the molecule is CC(Nc1cccc(F)c1)c1ccc(C(C)(C)C)cc1. The van der Waals surface area contributed by atoms with Crippen molar-refractivity contribution in [3.05, 3.63) is 65.5 Å². The van der Waals surface area contributed by atoms with Crippen molar-refractivity contribution in [2.24, 2.45) is 0 Å². The maximum Gasteiger partial charge on any atom is 0.125 e. The summed E-state index contributed by atoms with van der Waals surface area (Å²) >= 11 is 0. The molecule has 0 aromatic heterocycles. The lowest BCUT2D eigenvalue weighted by Gasteiger charge is -2.21. The highest BCUT2D eigenvalue weighted by Crippen LogP contribution is 2.25. The van der Waals surface area contributed by atoms with Gasteiger partial charge in [-0.15, -0.1) is 0 Å². The Kier molecular flexibility index (Phi) is 4.12. The number of halogens is 1. The largest absolute Gasteiger partial charge is 0.378 e. The lowest BCUT2D eigenvalue weighted by atomic mass is 9.86. The van der Waals surface area contributed by atoms with Gasteiger partial charge in [-0.05, 0) is 41.7 Å². The Balaban J connectivity index is 2.11. The summed E-state index contributed by atoms with van der Waals surface area (Å²) in [6.45, 7) is 8.69. The molecule has 20 heavy (non-hydrogen) atoms. The van der Waals surface area contributed by atoms with E-state index < -0.39 is 0 Å². The Labute approximate surface area is 120 Å². The second-order valence-electron chi connectivity index (χ2n) is 6.25. The second-order valence-corrected chi connectivity index (χ2v) is 6.25. The summed E-state index contributed by atoms with van der Waals surface area (Å²) < 4.78 is 13.2. The molecule has 0 aliphatic carbocycles. The quantitative estimate of drug-likeness (QED) is 0.799. The molecule has 2 heteroatoms. The van der Waals surface area contributed by atoms with Crippen LogP contribution in [-0.2, 0) is 5.41 Å². The molecule has 0 saturated carbocycles. The van der Waals surface area contributed by atoms with E-state index in [1.807, 2.05) is 6.07 Å². The van der Waals surface area contributed by atoms with Gasteiger partial charge in [-0.25, -0.2) is 4.39 Å². The highest BCUT2D eigenvalue weighted by atomic mass is 19.1. The fraction of sp³-hybridized carbons (Fsp3) is 0.333. The minimum Gasteiger partial charge on any atom is -0.378 e. The van der Waals surface area contributed by atoms with Crippen molar-refractivity contribution in [1.82, 2.24) is 0 Å². The van der Waals surface area contributed by atoms with E-state index in [0.717, 1.165) is 5.69 Å². The van der Waals surface area contributed by atoms with Crippen LogP contribution in [0.3, 0.4) is 0 Å². The molecule has 0 aliphatic heterocycles. The number of hydrogen-bond acceptors (Lipinski definition) is 1. The van der Waals surface area contributed by atoms with E-state index in [0.29, 0.717) is 0 Å². The Morgan fingerprint density at radius 2 is 1.65 bits per heavy atom. The van der Waals surface area contributed by atoms with E-state index in [4.69, 9.17) is 0 Å². The molecule has 2 rings (SSSR count). The average molecular weight is 271 g/mol. The first kappa shape index (κ1) is 14.6. The third-order valence-corrected chi connectivity index (χ3v) is 3.48. The molecule has 0 heterocycles. The van der Waals surface area contributed by atoms with E-state index in [2.05, 4.69) is 57.3 Å². The predicted octanol–water partition coefficient (Wildman–Crippen LogP) is 5.30. The molecule has 1 N–H and O–H groups in total. The zero-order chi connectivity index (χ0) is 14.8. The van der Waals surface area contributed by atoms with Crippen molar-refractivity contribution in [1.29, 1.82) is 0 Å². The van der Waals surface area contributed by atoms with Crippen LogP contribution in [0.1, 0.15) is 44.9 Å². The van der Waals surface area contributed by atoms with Crippen LogP contribution in [0.15, 0.2) is 48.5 Å². The highest BCUT2D eigenvalue weighted by molar-refractivity contribution is 5.45. The summed E-state index contributed by atoms with van der Waals surface area (Å²) in [5, 5.41) is 3.32. The molecule has 0 saturated heterocycles. The maximum atomic E-state index is 13.2. The molecule has 2 aromatic carbocycles. The van der Waals surface area contributed by atoms with Crippen LogP contribution in [-0.4, -0.2) is 0 Å². The van der Waals surface area contributed by atoms with E-state index in [9.17, 15) is 4.39 Å². The molecule has 2 aromatic rings. The van der Waals surface area contributed by atoms with Gasteiger partial charge in [-0.1, -0.05) is 51.1 Å². The standard InChI is InChI=1S/C18H22FN/c1-13(20-17-7-5-6-16(19)12-17)14-8-10-15(11-9-14)18(2,3)4/h5-13,20H,1-4H3. The first-order chi connectivity index (χ1) is 9.36. The van der Waals surface area contributed by atoms with Crippen LogP contribution in [0.2, 0.25) is 0 Å². The van der Waals surface area contributed by atoms with Gasteiger partial charge in [0.25, 0.3) is 0 Å². The lowest BCUT2D eigenvalue weighted by Crippen LogP contribution is -2.12. The van der Waals surface area contributed by atoms with Crippen molar-refractivity contribution < 1.29 is 4.39 Å². The topological polar surface area (TPSA) is 12.0 Å². The first-order valence-electron chi connectivity index (χ1n) is 6.99. The smallest absolute Gasteiger partial charge is 0.125 e. The normalized spacial score (nSPS) is 13.1. The Bertz CT molecular complexity index is 567. The van der Waals surface area contributed by atoms with Crippen molar-refractivity contribution >= 4 is 5.69 Å². The van der Waals surface area contributed by atoms with E-state index in [1.54, 1.807) is 6.07 Å². The number of benzene rings is 2. The molecule has 0 fully saturated rings. The average Bonchev–Trinajstić information content (AvgIpc) is 2.38. The second kappa shape index (κ2) is 5.66. The fourth-order valence-electron chi connectivity index (χ4n) is 2.18.